The predicted molar refractivity (Wildman–Crippen MR) is 205 cm³/mol. The second-order valence-corrected chi connectivity index (χ2v) is 21.0. The van der Waals surface area contributed by atoms with Gasteiger partial charge in [0.05, 0.1) is 44.2 Å². The van der Waals surface area contributed by atoms with Gasteiger partial charge in [0, 0.05) is 23.9 Å². The highest BCUT2D eigenvalue weighted by Crippen LogP contribution is 2.76. The van der Waals surface area contributed by atoms with Gasteiger partial charge in [0.15, 0.2) is 12.6 Å². The molecule has 0 unspecified atom stereocenters. The average molecular weight is 813 g/mol. The molecule has 21 atom stereocenters. The van der Waals surface area contributed by atoms with Crippen LogP contribution in [0.1, 0.15) is 99.8 Å². The monoisotopic (exact) mass is 812 g/mol. The van der Waals surface area contributed by atoms with Crippen LogP contribution in [-0.2, 0) is 23.7 Å². The van der Waals surface area contributed by atoms with Crippen molar-refractivity contribution >= 4 is 0 Å². The number of ether oxygens (including phenoxy) is 5. The first-order valence-electron chi connectivity index (χ1n) is 21.4. The SMILES string of the molecule is CO[C@@H]1C=C2[C@@H]3CC(C)(C)CC[C@]3(CO)[C@H](O)C[C@@]2(C)[C@]2(C)CC[C@H]3[C@](C)(CO)[C@@H](O[C@@H]4O[C@H](C)[C@H](O)[C@H](O[C@@H]5O[C@H](CO)[C@@H](O)[C@H](O)[C@H]5O)[C@H]4O)CC[C@]3(C)[C@@H]12. The Labute approximate surface area is 337 Å². The number of aliphatic hydroxyl groups excluding tert-OH is 9. The van der Waals surface area contributed by atoms with E-state index in [0.717, 1.165) is 38.5 Å². The molecule has 9 N–H and O–H groups in total. The van der Waals surface area contributed by atoms with Crippen LogP contribution in [0.2, 0.25) is 0 Å². The predicted octanol–water partition coefficient (Wildman–Crippen LogP) is 1.39. The van der Waals surface area contributed by atoms with Gasteiger partial charge in [-0.3, -0.25) is 0 Å². The van der Waals surface area contributed by atoms with Gasteiger partial charge in [-0.25, -0.2) is 0 Å². The molecule has 4 saturated carbocycles. The maximum absolute atomic E-state index is 12.1. The van der Waals surface area contributed by atoms with Gasteiger partial charge in [-0.1, -0.05) is 53.2 Å². The summed E-state index contributed by atoms with van der Waals surface area (Å²) in [5.74, 6) is 0.0264. The molecule has 0 aromatic heterocycles. The maximum atomic E-state index is 12.1. The Hall–Kier alpha value is -0.820. The standard InChI is InChI=1S/C43H72O14/c1-21-29(48)34(57-36-32(51)31(50)30(49)25(18-44)55-36)33(52)37(54-21)56-28-10-11-39(4)26(40(28,5)19-45)9-12-41(6)35(39)24(53-8)15-22-23-16-38(2,3)13-14-43(23,20-46)27(47)17-42(22,41)7/h15,21,23-37,44-52H,9-14,16-20H2,1-8H3/t21-,23+,24-,25-,26-,27-,28+,29+,30-,31+,32-,33-,34+,35-,36+,37+,39+,40+,41-,42-,43-/m1/s1. The molecule has 0 aromatic carbocycles. The minimum absolute atomic E-state index is 0.0303. The van der Waals surface area contributed by atoms with Crippen molar-refractivity contribution in [2.45, 2.75) is 180 Å². The third-order valence-corrected chi connectivity index (χ3v) is 17.7. The van der Waals surface area contributed by atoms with Gasteiger partial charge in [0.25, 0.3) is 0 Å². The van der Waals surface area contributed by atoms with Crippen LogP contribution in [0, 0.1) is 50.2 Å². The van der Waals surface area contributed by atoms with Crippen LogP contribution >= 0.6 is 0 Å². The summed E-state index contributed by atoms with van der Waals surface area (Å²) in [6.45, 7) is 14.4. The van der Waals surface area contributed by atoms with Crippen LogP contribution in [0.4, 0.5) is 0 Å². The summed E-state index contributed by atoms with van der Waals surface area (Å²) in [5.41, 5.74) is -0.934. The molecule has 57 heavy (non-hydrogen) atoms. The minimum Gasteiger partial charge on any atom is -0.396 e. The molecule has 328 valence electrons. The average Bonchev–Trinajstić information content (AvgIpc) is 3.16. The number of aliphatic hydroxyl groups is 9. The zero-order valence-corrected chi connectivity index (χ0v) is 35.2. The van der Waals surface area contributed by atoms with Gasteiger partial charge < -0.3 is 69.6 Å². The van der Waals surface area contributed by atoms with E-state index in [2.05, 4.69) is 40.7 Å². The van der Waals surface area contributed by atoms with E-state index >= 15 is 0 Å². The Morgan fingerprint density at radius 2 is 1.42 bits per heavy atom. The fourth-order valence-corrected chi connectivity index (χ4v) is 14.0. The fourth-order valence-electron chi connectivity index (χ4n) is 14.0. The Bertz CT molecular complexity index is 1490. The van der Waals surface area contributed by atoms with E-state index in [4.69, 9.17) is 23.7 Å². The van der Waals surface area contributed by atoms with E-state index in [1.165, 1.54) is 5.57 Å². The van der Waals surface area contributed by atoms with Crippen molar-refractivity contribution in [3.63, 3.8) is 0 Å². The molecule has 7 aliphatic rings. The number of hydrogen-bond acceptors (Lipinski definition) is 14. The van der Waals surface area contributed by atoms with Crippen LogP contribution in [0.5, 0.6) is 0 Å². The summed E-state index contributed by atoms with van der Waals surface area (Å²) in [4.78, 5) is 0. The molecule has 0 amide bonds. The lowest BCUT2D eigenvalue weighted by Gasteiger charge is -2.73. The third kappa shape index (κ3) is 6.48. The van der Waals surface area contributed by atoms with E-state index < -0.39 is 91.1 Å². The quantitative estimate of drug-likeness (QED) is 0.125. The van der Waals surface area contributed by atoms with Crippen LogP contribution in [0.3, 0.4) is 0 Å². The second-order valence-electron chi connectivity index (χ2n) is 21.0. The smallest absolute Gasteiger partial charge is 0.187 e. The summed E-state index contributed by atoms with van der Waals surface area (Å²) in [6.07, 6.45) is -7.49. The first-order valence-corrected chi connectivity index (χ1v) is 21.4. The van der Waals surface area contributed by atoms with Crippen LogP contribution in [0.25, 0.3) is 0 Å². The normalized spacial score (nSPS) is 56.1. The number of hydrogen-bond donors (Lipinski definition) is 9. The lowest BCUT2D eigenvalue weighted by atomic mass is 9.32. The van der Waals surface area contributed by atoms with Crippen molar-refractivity contribution in [1.29, 1.82) is 0 Å². The van der Waals surface area contributed by atoms with Crippen LogP contribution in [-0.4, -0.2) is 153 Å². The molecule has 2 saturated heterocycles. The molecule has 2 aliphatic heterocycles. The van der Waals surface area contributed by atoms with Crippen molar-refractivity contribution in [3.05, 3.63) is 11.6 Å². The highest BCUT2D eigenvalue weighted by Gasteiger charge is 2.72. The van der Waals surface area contributed by atoms with Gasteiger partial charge in [0.1, 0.15) is 42.7 Å². The summed E-state index contributed by atoms with van der Waals surface area (Å²) in [7, 11) is 1.78. The van der Waals surface area contributed by atoms with E-state index in [1.807, 2.05) is 6.92 Å². The van der Waals surface area contributed by atoms with Crippen molar-refractivity contribution in [3.8, 4) is 0 Å². The van der Waals surface area contributed by atoms with Crippen LogP contribution in [0.15, 0.2) is 11.6 Å². The Kier molecular flexibility index (Phi) is 11.8. The summed E-state index contributed by atoms with van der Waals surface area (Å²) in [5, 5.41) is 98.1. The topological polar surface area (TPSA) is 228 Å². The Balaban J connectivity index is 1.17. The van der Waals surface area contributed by atoms with Crippen molar-refractivity contribution in [2.75, 3.05) is 26.9 Å². The maximum Gasteiger partial charge on any atom is 0.187 e. The molecular weight excluding hydrogens is 740 g/mol. The molecule has 14 heteroatoms. The number of methoxy groups -OCH3 is 1. The van der Waals surface area contributed by atoms with Gasteiger partial charge in [-0.05, 0) is 91.8 Å². The molecule has 5 aliphatic carbocycles. The first-order chi connectivity index (χ1) is 26.6. The molecule has 14 nitrogen and oxygen atoms in total. The van der Waals surface area contributed by atoms with E-state index in [9.17, 15) is 46.0 Å². The summed E-state index contributed by atoms with van der Waals surface area (Å²) < 4.78 is 30.6. The van der Waals surface area contributed by atoms with Crippen molar-refractivity contribution in [1.82, 2.24) is 0 Å². The van der Waals surface area contributed by atoms with Gasteiger partial charge in [-0.2, -0.15) is 0 Å². The van der Waals surface area contributed by atoms with Crippen LogP contribution < -0.4 is 0 Å². The molecule has 0 radical (unpaired) electrons. The lowest BCUT2D eigenvalue weighted by molar-refractivity contribution is -0.368. The van der Waals surface area contributed by atoms with Gasteiger partial charge >= 0.3 is 0 Å². The van der Waals surface area contributed by atoms with Gasteiger partial charge in [0.2, 0.25) is 0 Å². The molecular formula is C43H72O14. The Morgan fingerprint density at radius 1 is 0.737 bits per heavy atom. The molecule has 0 aromatic rings. The summed E-state index contributed by atoms with van der Waals surface area (Å²) in [6, 6.07) is 0. The Morgan fingerprint density at radius 3 is 2.05 bits per heavy atom. The zero-order chi connectivity index (χ0) is 41.8. The number of allylic oxidation sites excluding steroid dienone is 1. The molecule has 2 heterocycles. The largest absolute Gasteiger partial charge is 0.396 e. The highest BCUT2D eigenvalue weighted by molar-refractivity contribution is 5.37. The minimum atomic E-state index is -1.74. The fraction of sp³-hybridized carbons (Fsp3) is 0.953. The molecule has 7 rings (SSSR count). The highest BCUT2D eigenvalue weighted by atomic mass is 16.7. The van der Waals surface area contributed by atoms with E-state index in [0.29, 0.717) is 12.8 Å². The number of fused-ring (bicyclic) bond motifs is 7. The molecule has 0 spiro atoms. The van der Waals surface area contributed by atoms with E-state index in [-0.39, 0.29) is 58.7 Å². The third-order valence-electron chi connectivity index (χ3n) is 17.7. The number of rotatable bonds is 8. The summed E-state index contributed by atoms with van der Waals surface area (Å²) >= 11 is 0. The first kappa shape index (κ1) is 44.2. The van der Waals surface area contributed by atoms with Crippen molar-refractivity contribution in [2.24, 2.45) is 50.2 Å². The van der Waals surface area contributed by atoms with E-state index in [1.54, 1.807) is 14.0 Å². The van der Waals surface area contributed by atoms with Crippen molar-refractivity contribution < 1.29 is 69.6 Å². The second kappa shape index (κ2) is 15.2. The lowest BCUT2D eigenvalue weighted by Crippen LogP contribution is -2.70. The molecule has 0 bridgehead atoms. The molecule has 6 fully saturated rings. The van der Waals surface area contributed by atoms with Gasteiger partial charge in [-0.15, -0.1) is 0 Å². The zero-order valence-electron chi connectivity index (χ0n) is 35.2.